The Hall–Kier alpha value is -1.85. The molecule has 0 amide bonds. The molecule has 6 nitrogen and oxygen atoms in total. The number of nitrogens with zero attached hydrogens (tertiary/aromatic N) is 4. The highest BCUT2D eigenvalue weighted by Gasteiger charge is 2.38. The highest BCUT2D eigenvalue weighted by atomic mass is 16.6. The van der Waals surface area contributed by atoms with Gasteiger partial charge in [-0.1, -0.05) is 12.2 Å². The Bertz CT molecular complexity index is 533. The predicted molar refractivity (Wildman–Crippen MR) is 72.2 cm³/mol. The van der Waals surface area contributed by atoms with Gasteiger partial charge in [0.15, 0.2) is 0 Å². The van der Waals surface area contributed by atoms with E-state index < -0.39 is 0 Å². The zero-order chi connectivity index (χ0) is 13.6. The SMILES string of the molecule is Cc1nn(C)c(N2CC3CC=CCC3C2)c1[N+](=O)[O-]. The van der Waals surface area contributed by atoms with E-state index in [1.807, 2.05) is 0 Å². The molecule has 0 aromatic carbocycles. The molecular weight excluding hydrogens is 244 g/mol. The van der Waals surface area contributed by atoms with E-state index in [4.69, 9.17) is 0 Å². The van der Waals surface area contributed by atoms with Crippen LogP contribution in [0.3, 0.4) is 0 Å². The van der Waals surface area contributed by atoms with Gasteiger partial charge in [0.1, 0.15) is 5.69 Å². The van der Waals surface area contributed by atoms with Crippen LogP contribution in [0, 0.1) is 28.9 Å². The van der Waals surface area contributed by atoms with Crippen molar-refractivity contribution < 1.29 is 4.92 Å². The lowest BCUT2D eigenvalue weighted by atomic mass is 9.86. The summed E-state index contributed by atoms with van der Waals surface area (Å²) in [5.74, 6) is 1.91. The molecular formula is C13H18N4O2. The maximum Gasteiger partial charge on any atom is 0.333 e. The highest BCUT2D eigenvalue weighted by molar-refractivity contribution is 5.62. The van der Waals surface area contributed by atoms with Gasteiger partial charge in [0, 0.05) is 20.1 Å². The van der Waals surface area contributed by atoms with Crippen LogP contribution in [0.1, 0.15) is 18.5 Å². The van der Waals surface area contributed by atoms with Crippen molar-refractivity contribution >= 4 is 11.5 Å². The average molecular weight is 262 g/mol. The molecule has 1 aliphatic heterocycles. The van der Waals surface area contributed by atoms with Crippen LogP contribution in [0.5, 0.6) is 0 Å². The third-order valence-corrected chi connectivity index (χ3v) is 4.26. The summed E-state index contributed by atoms with van der Waals surface area (Å²) >= 11 is 0. The highest BCUT2D eigenvalue weighted by Crippen LogP contribution is 2.39. The van der Waals surface area contributed by atoms with E-state index in [1.54, 1.807) is 18.7 Å². The number of rotatable bonds is 2. The summed E-state index contributed by atoms with van der Waals surface area (Å²) in [7, 11) is 1.79. The Kier molecular flexibility index (Phi) is 2.80. The topological polar surface area (TPSA) is 64.2 Å². The molecule has 2 heterocycles. The molecule has 1 aromatic heterocycles. The molecule has 19 heavy (non-hydrogen) atoms. The van der Waals surface area contributed by atoms with Crippen molar-refractivity contribution in [1.29, 1.82) is 0 Å². The van der Waals surface area contributed by atoms with Gasteiger partial charge in [0.25, 0.3) is 0 Å². The molecule has 6 heteroatoms. The van der Waals surface area contributed by atoms with Gasteiger partial charge in [-0.3, -0.25) is 10.1 Å². The summed E-state index contributed by atoms with van der Waals surface area (Å²) in [5, 5.41) is 15.5. The number of fused-ring (bicyclic) bond motifs is 1. The molecule has 0 bridgehead atoms. The molecule has 1 fully saturated rings. The third kappa shape index (κ3) is 1.91. The summed E-state index contributed by atoms with van der Waals surface area (Å²) in [6, 6.07) is 0. The average Bonchev–Trinajstić information content (AvgIpc) is 2.88. The van der Waals surface area contributed by atoms with Crippen molar-refractivity contribution in [3.05, 3.63) is 28.0 Å². The van der Waals surface area contributed by atoms with E-state index in [-0.39, 0.29) is 10.6 Å². The number of hydrogen-bond donors (Lipinski definition) is 0. The summed E-state index contributed by atoms with van der Waals surface area (Å²) < 4.78 is 1.65. The van der Waals surface area contributed by atoms with Crippen LogP contribution in [0.25, 0.3) is 0 Å². The molecule has 0 saturated carbocycles. The molecule has 2 aliphatic rings. The number of aromatic nitrogens is 2. The van der Waals surface area contributed by atoms with Crippen molar-refractivity contribution in [2.45, 2.75) is 19.8 Å². The zero-order valence-electron chi connectivity index (χ0n) is 11.2. The van der Waals surface area contributed by atoms with Gasteiger partial charge in [-0.25, -0.2) is 4.68 Å². The van der Waals surface area contributed by atoms with Gasteiger partial charge in [-0.15, -0.1) is 0 Å². The summed E-state index contributed by atoms with van der Waals surface area (Å²) in [6.07, 6.45) is 6.64. The van der Waals surface area contributed by atoms with Crippen molar-refractivity contribution in [2.24, 2.45) is 18.9 Å². The van der Waals surface area contributed by atoms with Gasteiger partial charge in [0.05, 0.1) is 4.92 Å². The summed E-state index contributed by atoms with van der Waals surface area (Å²) in [5.41, 5.74) is 0.657. The fourth-order valence-electron chi connectivity index (χ4n) is 3.39. The minimum atomic E-state index is -0.308. The minimum Gasteiger partial charge on any atom is -0.350 e. The van der Waals surface area contributed by atoms with E-state index in [0.29, 0.717) is 23.3 Å². The van der Waals surface area contributed by atoms with Crippen LogP contribution in [-0.4, -0.2) is 27.8 Å². The smallest absolute Gasteiger partial charge is 0.333 e. The first-order chi connectivity index (χ1) is 9.08. The van der Waals surface area contributed by atoms with Crippen molar-refractivity contribution in [3.8, 4) is 0 Å². The molecule has 102 valence electrons. The molecule has 1 aliphatic carbocycles. The Morgan fingerprint density at radius 3 is 2.42 bits per heavy atom. The Balaban J connectivity index is 1.94. The maximum absolute atomic E-state index is 11.2. The molecule has 0 spiro atoms. The predicted octanol–water partition coefficient (Wildman–Crippen LogP) is 2.04. The fraction of sp³-hybridized carbons (Fsp3) is 0.615. The Morgan fingerprint density at radius 1 is 1.32 bits per heavy atom. The number of aryl methyl sites for hydroxylation is 2. The van der Waals surface area contributed by atoms with Gasteiger partial charge < -0.3 is 4.90 Å². The van der Waals surface area contributed by atoms with Crippen molar-refractivity contribution in [3.63, 3.8) is 0 Å². The van der Waals surface area contributed by atoms with Crippen molar-refractivity contribution in [1.82, 2.24) is 9.78 Å². The number of allylic oxidation sites excluding steroid dienone is 2. The lowest BCUT2D eigenvalue weighted by Crippen LogP contribution is -2.23. The standard InChI is InChI=1S/C13H18N4O2/c1-9-12(17(18)19)13(15(2)14-9)16-7-10-5-3-4-6-11(10)8-16/h3-4,10-11H,5-8H2,1-2H3. The lowest BCUT2D eigenvalue weighted by Gasteiger charge is -2.17. The molecule has 2 unspecified atom stereocenters. The van der Waals surface area contributed by atoms with Crippen LogP contribution < -0.4 is 4.90 Å². The quantitative estimate of drug-likeness (QED) is 0.465. The molecule has 1 aromatic rings. The van der Waals surface area contributed by atoms with E-state index in [1.165, 1.54) is 0 Å². The largest absolute Gasteiger partial charge is 0.350 e. The van der Waals surface area contributed by atoms with Crippen LogP contribution in [0.15, 0.2) is 12.2 Å². The fourth-order valence-corrected chi connectivity index (χ4v) is 3.39. The zero-order valence-corrected chi connectivity index (χ0v) is 11.2. The normalized spacial score (nSPS) is 25.7. The van der Waals surface area contributed by atoms with E-state index in [0.717, 1.165) is 25.9 Å². The van der Waals surface area contributed by atoms with E-state index in [9.17, 15) is 10.1 Å². The first-order valence-electron chi connectivity index (χ1n) is 6.66. The second kappa shape index (κ2) is 4.36. The number of anilines is 1. The van der Waals surface area contributed by atoms with E-state index >= 15 is 0 Å². The Labute approximate surface area is 111 Å². The lowest BCUT2D eigenvalue weighted by molar-refractivity contribution is -0.384. The van der Waals surface area contributed by atoms with Gasteiger partial charge >= 0.3 is 5.69 Å². The van der Waals surface area contributed by atoms with Gasteiger partial charge in [-0.05, 0) is 31.6 Å². The van der Waals surface area contributed by atoms with E-state index in [2.05, 4.69) is 22.2 Å². The summed E-state index contributed by atoms with van der Waals surface area (Å²) in [6.45, 7) is 3.50. The molecule has 3 rings (SSSR count). The molecule has 0 N–H and O–H groups in total. The monoisotopic (exact) mass is 262 g/mol. The van der Waals surface area contributed by atoms with Gasteiger partial charge in [0.2, 0.25) is 5.82 Å². The molecule has 1 saturated heterocycles. The second-order valence-corrected chi connectivity index (χ2v) is 5.51. The third-order valence-electron chi connectivity index (χ3n) is 4.26. The first kappa shape index (κ1) is 12.2. The van der Waals surface area contributed by atoms with Crippen LogP contribution in [0.4, 0.5) is 11.5 Å². The number of nitro groups is 1. The van der Waals surface area contributed by atoms with Crippen LogP contribution in [-0.2, 0) is 7.05 Å². The molecule has 0 radical (unpaired) electrons. The first-order valence-corrected chi connectivity index (χ1v) is 6.66. The van der Waals surface area contributed by atoms with Crippen molar-refractivity contribution in [2.75, 3.05) is 18.0 Å². The van der Waals surface area contributed by atoms with Gasteiger partial charge in [-0.2, -0.15) is 5.10 Å². The second-order valence-electron chi connectivity index (χ2n) is 5.51. The maximum atomic E-state index is 11.2. The van der Waals surface area contributed by atoms with Crippen LogP contribution in [0.2, 0.25) is 0 Å². The summed E-state index contributed by atoms with van der Waals surface area (Å²) in [4.78, 5) is 13.1. The Morgan fingerprint density at radius 2 is 1.89 bits per heavy atom. The number of hydrogen-bond acceptors (Lipinski definition) is 4. The minimum absolute atomic E-state index is 0.161. The van der Waals surface area contributed by atoms with Crippen LogP contribution >= 0.6 is 0 Å². The molecule has 2 atom stereocenters.